The van der Waals surface area contributed by atoms with Crippen LogP contribution in [0.5, 0.6) is 0 Å². The number of hydrogen-bond acceptors (Lipinski definition) is 5. The molecule has 0 aromatic heterocycles. The van der Waals surface area contributed by atoms with Crippen LogP contribution in [0.3, 0.4) is 0 Å². The van der Waals surface area contributed by atoms with Crippen LogP contribution in [0.2, 0.25) is 18.1 Å². The van der Waals surface area contributed by atoms with E-state index in [1.165, 1.54) is 13.2 Å². The second-order valence-corrected chi connectivity index (χ2v) is 13.2. The van der Waals surface area contributed by atoms with Crippen molar-refractivity contribution in [2.45, 2.75) is 84.4 Å². The Hall–Kier alpha value is -1.47. The number of carbonyl (C=O) groups is 1. The molecule has 0 rings (SSSR count). The summed E-state index contributed by atoms with van der Waals surface area (Å²) < 4.78 is 44.6. The summed E-state index contributed by atoms with van der Waals surface area (Å²) in [5.41, 5.74) is 0. The molecule has 0 N–H and O–H groups in total. The van der Waals surface area contributed by atoms with Gasteiger partial charge in [0, 0.05) is 29.8 Å². The summed E-state index contributed by atoms with van der Waals surface area (Å²) in [4.78, 5) is 11.2. The first-order valence-corrected chi connectivity index (χ1v) is 14.0. The van der Waals surface area contributed by atoms with Gasteiger partial charge in [-0.05, 0) is 51.2 Å². The van der Waals surface area contributed by atoms with Crippen molar-refractivity contribution in [3.8, 4) is 0 Å². The Bertz CT molecular complexity index is 647. The van der Waals surface area contributed by atoms with Crippen LogP contribution >= 0.6 is 0 Å². The van der Waals surface area contributed by atoms with Crippen LogP contribution in [0, 0.1) is 20.0 Å². The van der Waals surface area contributed by atoms with Gasteiger partial charge in [0.15, 0.2) is 14.6 Å². The van der Waals surface area contributed by atoms with Crippen LogP contribution in [0.4, 0.5) is 0 Å². The van der Waals surface area contributed by atoms with Gasteiger partial charge in [0.25, 0.3) is 0 Å². The second-order valence-electron chi connectivity index (χ2n) is 8.41. The van der Waals surface area contributed by atoms with Crippen molar-refractivity contribution < 1.29 is 54.5 Å². The third-order valence-electron chi connectivity index (χ3n) is 4.95. The van der Waals surface area contributed by atoms with Crippen LogP contribution in [-0.2, 0) is 54.5 Å². The number of ether oxygens (including phenoxy) is 3. The Balaban J connectivity index is -0.000000422. The minimum Gasteiger partial charge on any atom is 0 e. The third kappa shape index (κ3) is 27.1. The minimum atomic E-state index is -1.88. The Labute approximate surface area is 229 Å². The number of allylic oxidation sites excluding steroid dienone is 3. The first-order valence-electron chi connectivity index (χ1n) is 11.1. The van der Waals surface area contributed by atoms with Gasteiger partial charge in [-0.25, -0.2) is 4.79 Å². The Morgan fingerprint density at radius 2 is 1.50 bits per heavy atom. The fourth-order valence-corrected chi connectivity index (χ4v) is 3.53. The predicted molar refractivity (Wildman–Crippen MR) is 134 cm³/mol. The van der Waals surface area contributed by atoms with Gasteiger partial charge in [0.2, 0.25) is 0 Å². The Morgan fingerprint density at radius 1 is 0.972 bits per heavy atom. The van der Waals surface area contributed by atoms with E-state index in [0.717, 1.165) is 19.3 Å². The van der Waals surface area contributed by atoms with Crippen molar-refractivity contribution in [1.82, 2.24) is 0 Å². The van der Waals surface area contributed by atoms with E-state index in [0.29, 0.717) is 13.2 Å². The van der Waals surface area contributed by atoms with Crippen molar-refractivity contribution >= 4 is 14.3 Å². The molecule has 0 fully saturated rings. The molecule has 10 heteroatoms. The number of rotatable bonds is 14. The second kappa shape index (κ2) is 29.8. The van der Waals surface area contributed by atoms with Crippen LogP contribution in [-0.4, -0.2) is 47.0 Å². The topological polar surface area (TPSA) is 114 Å². The molecule has 0 saturated heterocycles. The maximum atomic E-state index is 11.2. The Kier molecular flexibility index (Phi) is 36.8. The molecule has 36 heavy (non-hydrogen) atoms. The molecular formula is C26H42FeO8Si. The summed E-state index contributed by atoms with van der Waals surface area (Å²) in [6, 6.07) is 0. The molecule has 0 spiro atoms. The summed E-state index contributed by atoms with van der Waals surface area (Å²) >= 11 is 0. The fourth-order valence-electron chi connectivity index (χ4n) is 2.22. The number of methoxy groups -OCH3 is 1. The molecule has 0 aliphatic rings. The zero-order chi connectivity index (χ0) is 28.3. The molecule has 2 unspecified atom stereocenters. The zero-order valence-electron chi connectivity index (χ0n) is 22.8. The minimum absolute atomic E-state index is 0. The summed E-state index contributed by atoms with van der Waals surface area (Å²) in [6.45, 7) is 29.9. The summed E-state index contributed by atoms with van der Waals surface area (Å²) in [7, 11) is -0.514. The van der Waals surface area contributed by atoms with Crippen molar-refractivity contribution in [1.29, 1.82) is 0 Å². The van der Waals surface area contributed by atoms with Crippen molar-refractivity contribution in [3.05, 3.63) is 56.4 Å². The molecule has 0 aliphatic carbocycles. The Morgan fingerprint density at radius 3 is 1.97 bits per heavy atom. The standard InChI is InChI=1S/C23H42O5Si.3CO.Fe/c1-9-26-20(2)27-19-15-11-10-12-16-21(17-13-14-18-22(24)25-6)28-29(7,8)23(3,4)5;3*1-2;/h10-11,13-14,17-18,20-21H,9,12,15-16,19H2,1-8H3;;;;/b11-10-,17-13+,18-14+;;;;. The SMILES string of the molecule is CCOC(C)OCC/C=C\CCC(/C=C/C=C/C(=O)OC)O[Si](C)(C)C(C)(C)C.[C-]#[O+].[C-]#[O+].[C-]#[O+].[Fe]. The molecule has 0 aromatic rings. The first kappa shape index (κ1) is 44.5. The van der Waals surface area contributed by atoms with Crippen LogP contribution in [0.1, 0.15) is 53.9 Å². The third-order valence-corrected chi connectivity index (χ3v) is 9.45. The van der Waals surface area contributed by atoms with Gasteiger partial charge in [0.05, 0.1) is 19.8 Å². The zero-order valence-corrected chi connectivity index (χ0v) is 24.9. The van der Waals surface area contributed by atoms with E-state index >= 15 is 0 Å². The van der Waals surface area contributed by atoms with Crippen LogP contribution in [0.25, 0.3) is 0 Å². The van der Waals surface area contributed by atoms with Gasteiger partial charge in [0.1, 0.15) is 0 Å². The van der Waals surface area contributed by atoms with E-state index in [2.05, 4.69) is 70.7 Å². The maximum absolute atomic E-state index is 11.2. The predicted octanol–water partition coefficient (Wildman–Crippen LogP) is 5.67. The van der Waals surface area contributed by atoms with Crippen molar-refractivity contribution in [3.63, 3.8) is 0 Å². The van der Waals surface area contributed by atoms with Gasteiger partial charge in [-0.15, -0.1) is 0 Å². The van der Waals surface area contributed by atoms with Crippen LogP contribution < -0.4 is 0 Å². The quantitative estimate of drug-likeness (QED) is 0.0309. The molecule has 2 atom stereocenters. The molecule has 0 bridgehead atoms. The smallest absolute Gasteiger partial charge is 0 e. The summed E-state index contributed by atoms with van der Waals surface area (Å²) in [5, 5.41) is 0.144. The van der Waals surface area contributed by atoms with E-state index in [9.17, 15) is 4.79 Å². The average molecular weight is 567 g/mol. The maximum Gasteiger partial charge on any atom is 0 e. The summed E-state index contributed by atoms with van der Waals surface area (Å²) in [6.07, 6.45) is 13.8. The average Bonchev–Trinajstić information content (AvgIpc) is 2.83. The largest absolute Gasteiger partial charge is 0 e. The van der Waals surface area contributed by atoms with E-state index in [4.69, 9.17) is 27.9 Å². The molecule has 0 radical (unpaired) electrons. The molecule has 206 valence electrons. The van der Waals surface area contributed by atoms with E-state index < -0.39 is 8.32 Å². The molecule has 0 saturated carbocycles. The first-order chi connectivity index (χ1) is 16.5. The molecule has 0 aliphatic heterocycles. The molecule has 0 aromatic carbocycles. The van der Waals surface area contributed by atoms with Gasteiger partial charge < -0.3 is 18.6 Å². The van der Waals surface area contributed by atoms with Gasteiger partial charge in [-0.1, -0.05) is 51.2 Å². The van der Waals surface area contributed by atoms with E-state index in [1.54, 1.807) is 6.08 Å². The number of hydrogen-bond donors (Lipinski definition) is 0. The van der Waals surface area contributed by atoms with Crippen molar-refractivity contribution in [2.24, 2.45) is 0 Å². The van der Waals surface area contributed by atoms with E-state index in [1.807, 2.05) is 26.0 Å². The number of esters is 1. The normalized spacial score (nSPS) is 12.6. The van der Waals surface area contributed by atoms with Crippen molar-refractivity contribution in [2.75, 3.05) is 20.3 Å². The molecular weight excluding hydrogens is 524 g/mol. The van der Waals surface area contributed by atoms with Gasteiger partial charge in [-0.3, -0.25) is 0 Å². The monoisotopic (exact) mass is 566 g/mol. The van der Waals surface area contributed by atoms with Gasteiger partial charge in [-0.2, -0.15) is 0 Å². The number of carbonyl (C=O) groups excluding carboxylic acids is 1. The summed E-state index contributed by atoms with van der Waals surface area (Å²) in [5.74, 6) is -0.361. The molecule has 0 amide bonds. The van der Waals surface area contributed by atoms with Crippen LogP contribution in [0.15, 0.2) is 36.5 Å². The molecule has 8 nitrogen and oxygen atoms in total. The fraction of sp³-hybridized carbons (Fsp3) is 0.615. The molecule has 0 heterocycles. The van der Waals surface area contributed by atoms with Gasteiger partial charge >= 0.3 is 39.9 Å². The van der Waals surface area contributed by atoms with E-state index in [-0.39, 0.29) is 40.5 Å².